The molecule has 206 valence electrons. The molecule has 1 aliphatic rings. The van der Waals surface area contributed by atoms with Gasteiger partial charge in [0.1, 0.15) is 6.61 Å². The van der Waals surface area contributed by atoms with E-state index in [9.17, 15) is 31.5 Å². The van der Waals surface area contributed by atoms with Crippen molar-refractivity contribution in [3.8, 4) is 16.9 Å². The molecule has 1 aliphatic carbocycles. The fraction of sp³-hybridized carbons (Fsp3) is 0.286. The maximum atomic E-state index is 14.1. The van der Waals surface area contributed by atoms with Crippen LogP contribution in [0.4, 0.5) is 26.7 Å². The molecule has 0 heterocycles. The van der Waals surface area contributed by atoms with Gasteiger partial charge in [-0.2, -0.15) is 8.78 Å². The van der Waals surface area contributed by atoms with Gasteiger partial charge in [0.25, 0.3) is 0 Å². The summed E-state index contributed by atoms with van der Waals surface area (Å²) in [5.41, 5.74) is 3.02. The molecule has 0 unspecified atom stereocenters. The Labute approximate surface area is 220 Å². The maximum Gasteiger partial charge on any atom is 0.407 e. The summed E-state index contributed by atoms with van der Waals surface area (Å²) in [4.78, 5) is 25.4. The van der Waals surface area contributed by atoms with Crippen molar-refractivity contribution < 1.29 is 45.8 Å². The molecule has 4 rings (SSSR count). The van der Waals surface area contributed by atoms with E-state index in [0.29, 0.717) is 0 Å². The molecule has 1 atom stereocenters. The predicted molar refractivity (Wildman–Crippen MR) is 130 cm³/mol. The Morgan fingerprint density at radius 3 is 1.82 bits per heavy atom. The molecule has 11 heteroatoms. The quantitative estimate of drug-likeness (QED) is 0.129. The van der Waals surface area contributed by atoms with Gasteiger partial charge < -0.3 is 19.5 Å². The van der Waals surface area contributed by atoms with Crippen molar-refractivity contribution in [3.63, 3.8) is 0 Å². The Morgan fingerprint density at radius 2 is 1.31 bits per heavy atom. The Morgan fingerprint density at radius 1 is 0.821 bits per heavy atom. The number of amides is 1. The van der Waals surface area contributed by atoms with E-state index in [0.717, 1.165) is 22.3 Å². The van der Waals surface area contributed by atoms with E-state index in [4.69, 9.17) is 9.47 Å². The number of alkyl carbamates (subject to hydrolysis) is 1. The number of hydrogen-bond donors (Lipinski definition) is 1. The van der Waals surface area contributed by atoms with E-state index in [1.165, 1.54) is 0 Å². The lowest BCUT2D eigenvalue weighted by atomic mass is 9.98. The summed E-state index contributed by atoms with van der Waals surface area (Å²) in [6.45, 7) is 4.23. The highest BCUT2D eigenvalue weighted by atomic mass is 19.2. The second-order valence-corrected chi connectivity index (χ2v) is 9.77. The van der Waals surface area contributed by atoms with Gasteiger partial charge in [-0.1, -0.05) is 48.5 Å². The number of fused-ring (bicyclic) bond motifs is 3. The molecule has 0 fully saturated rings. The van der Waals surface area contributed by atoms with Crippen LogP contribution >= 0.6 is 0 Å². The first-order valence-corrected chi connectivity index (χ1v) is 11.9. The predicted octanol–water partition coefficient (Wildman–Crippen LogP) is 6.01. The zero-order valence-corrected chi connectivity index (χ0v) is 21.1. The highest BCUT2D eigenvalue weighted by molar-refractivity contribution is 5.83. The Balaban J connectivity index is 1.50. The molecule has 0 radical (unpaired) electrons. The molecule has 0 aromatic heterocycles. The fourth-order valence-electron chi connectivity index (χ4n) is 4.13. The first-order valence-electron chi connectivity index (χ1n) is 11.9. The first-order chi connectivity index (χ1) is 18.4. The SMILES string of the molecule is CC(C)(C)OC[C@H](NC(=O)OCC1c2ccccc2-c2ccccc21)C(=O)Oc1c(F)c(F)c(F)c(F)c1F. The number of carbonyl (C=O) groups is 2. The number of hydrogen-bond acceptors (Lipinski definition) is 5. The van der Waals surface area contributed by atoms with Crippen LogP contribution in [0.2, 0.25) is 0 Å². The molecule has 1 N–H and O–H groups in total. The maximum absolute atomic E-state index is 14.1. The minimum Gasteiger partial charge on any atom is -0.449 e. The third-order valence-electron chi connectivity index (χ3n) is 5.98. The van der Waals surface area contributed by atoms with Crippen molar-refractivity contribution in [2.45, 2.75) is 38.3 Å². The van der Waals surface area contributed by atoms with Crippen molar-refractivity contribution in [3.05, 3.63) is 88.7 Å². The van der Waals surface area contributed by atoms with Crippen molar-refractivity contribution in [1.29, 1.82) is 0 Å². The highest BCUT2D eigenvalue weighted by Crippen LogP contribution is 2.44. The monoisotopic (exact) mass is 549 g/mol. The van der Waals surface area contributed by atoms with E-state index >= 15 is 0 Å². The summed E-state index contributed by atoms with van der Waals surface area (Å²) in [5, 5.41) is 2.19. The first kappa shape index (κ1) is 28.0. The third kappa shape index (κ3) is 5.88. The zero-order chi connectivity index (χ0) is 28.5. The van der Waals surface area contributed by atoms with Crippen LogP contribution < -0.4 is 10.1 Å². The van der Waals surface area contributed by atoms with Crippen LogP contribution in [0.5, 0.6) is 5.75 Å². The summed E-state index contributed by atoms with van der Waals surface area (Å²) >= 11 is 0. The Kier molecular flexibility index (Phi) is 7.91. The topological polar surface area (TPSA) is 73.9 Å². The molecule has 39 heavy (non-hydrogen) atoms. The van der Waals surface area contributed by atoms with E-state index in [2.05, 4.69) is 10.1 Å². The van der Waals surface area contributed by atoms with Gasteiger partial charge in [0.2, 0.25) is 34.8 Å². The number of rotatable bonds is 7. The average Bonchev–Trinajstić information content (AvgIpc) is 3.23. The van der Waals surface area contributed by atoms with E-state index < -0.39 is 65.1 Å². The lowest BCUT2D eigenvalue weighted by Crippen LogP contribution is -2.48. The number of benzene rings is 3. The molecule has 3 aromatic carbocycles. The average molecular weight is 549 g/mol. The zero-order valence-electron chi connectivity index (χ0n) is 21.1. The van der Waals surface area contributed by atoms with Crippen LogP contribution in [0.25, 0.3) is 11.1 Å². The van der Waals surface area contributed by atoms with Gasteiger partial charge in [-0.25, -0.2) is 22.8 Å². The normalized spacial score (nSPS) is 13.4. The lowest BCUT2D eigenvalue weighted by Gasteiger charge is -2.24. The largest absolute Gasteiger partial charge is 0.449 e. The van der Waals surface area contributed by atoms with Crippen molar-refractivity contribution >= 4 is 12.1 Å². The molecule has 0 bridgehead atoms. The van der Waals surface area contributed by atoms with Crippen molar-refractivity contribution in [2.24, 2.45) is 0 Å². The van der Waals surface area contributed by atoms with Gasteiger partial charge in [-0.3, -0.25) is 0 Å². The van der Waals surface area contributed by atoms with E-state index in [1.807, 2.05) is 48.5 Å². The summed E-state index contributed by atoms with van der Waals surface area (Å²) in [5.74, 6) is -15.3. The number of nitrogens with one attached hydrogen (secondary N) is 1. The number of carbonyl (C=O) groups excluding carboxylic acids is 2. The van der Waals surface area contributed by atoms with Crippen LogP contribution in [0.1, 0.15) is 37.8 Å². The minimum atomic E-state index is -2.41. The summed E-state index contributed by atoms with van der Waals surface area (Å²) in [6, 6.07) is 13.5. The highest BCUT2D eigenvalue weighted by Gasteiger charge is 2.33. The van der Waals surface area contributed by atoms with Gasteiger partial charge in [0.05, 0.1) is 12.2 Å². The van der Waals surface area contributed by atoms with Crippen molar-refractivity contribution in [1.82, 2.24) is 5.32 Å². The van der Waals surface area contributed by atoms with E-state index in [-0.39, 0.29) is 12.5 Å². The smallest absolute Gasteiger partial charge is 0.407 e. The van der Waals surface area contributed by atoms with Gasteiger partial charge in [-0.15, -0.1) is 0 Å². The van der Waals surface area contributed by atoms with Gasteiger partial charge >= 0.3 is 12.1 Å². The summed E-state index contributed by atoms with van der Waals surface area (Å²) in [6.07, 6.45) is -1.09. The molecule has 6 nitrogen and oxygen atoms in total. The lowest BCUT2D eigenvalue weighted by molar-refractivity contribution is -0.140. The number of ether oxygens (including phenoxy) is 3. The Bertz CT molecular complexity index is 1350. The van der Waals surface area contributed by atoms with Crippen LogP contribution in [-0.2, 0) is 14.3 Å². The molecular weight excluding hydrogens is 525 g/mol. The number of halogens is 5. The summed E-state index contributed by atoms with van der Waals surface area (Å²) < 4.78 is 84.0. The summed E-state index contributed by atoms with van der Waals surface area (Å²) in [7, 11) is 0. The molecule has 3 aromatic rings. The second kappa shape index (κ2) is 11.0. The van der Waals surface area contributed by atoms with Crippen LogP contribution in [-0.4, -0.2) is 36.9 Å². The van der Waals surface area contributed by atoms with Gasteiger partial charge in [0.15, 0.2) is 6.04 Å². The fourth-order valence-corrected chi connectivity index (χ4v) is 4.13. The third-order valence-corrected chi connectivity index (χ3v) is 5.98. The molecular formula is C28H24F5NO5. The Hall–Kier alpha value is -3.99. The molecule has 0 saturated carbocycles. The molecule has 0 saturated heterocycles. The standard InChI is InChI=1S/C28H24F5NO5/c1-28(2,3)38-13-19(26(35)39-25-23(32)21(30)20(29)22(31)24(25)33)34-27(36)37-12-18-16-10-6-4-8-14(16)15-9-5-7-11-17(15)18/h4-11,18-19H,12-13H2,1-3H3,(H,34,36)/t19-/m0/s1. The molecule has 0 aliphatic heterocycles. The van der Waals surface area contributed by atoms with E-state index in [1.54, 1.807) is 20.8 Å². The van der Waals surface area contributed by atoms with Gasteiger partial charge in [0, 0.05) is 5.92 Å². The second-order valence-electron chi connectivity index (χ2n) is 9.77. The van der Waals surface area contributed by atoms with Crippen LogP contribution in [0.15, 0.2) is 48.5 Å². The van der Waals surface area contributed by atoms with Gasteiger partial charge in [-0.05, 0) is 43.0 Å². The minimum absolute atomic E-state index is 0.112. The van der Waals surface area contributed by atoms with Crippen LogP contribution in [0.3, 0.4) is 0 Å². The molecule has 0 spiro atoms. The number of esters is 1. The van der Waals surface area contributed by atoms with Crippen LogP contribution in [0, 0.1) is 29.1 Å². The molecule has 1 amide bonds. The van der Waals surface area contributed by atoms with Crippen molar-refractivity contribution in [2.75, 3.05) is 13.2 Å².